The van der Waals surface area contributed by atoms with Gasteiger partial charge >= 0.3 is 0 Å². The molecule has 0 saturated carbocycles. The van der Waals surface area contributed by atoms with E-state index < -0.39 is 0 Å². The Labute approximate surface area is 126 Å². The van der Waals surface area contributed by atoms with Crippen molar-refractivity contribution in [3.05, 3.63) is 52.8 Å². The van der Waals surface area contributed by atoms with Crippen LogP contribution in [-0.2, 0) is 18.8 Å². The minimum absolute atomic E-state index is 0.898. The summed E-state index contributed by atoms with van der Waals surface area (Å²) < 4.78 is 4.03. The third-order valence-corrected chi connectivity index (χ3v) is 4.67. The lowest BCUT2D eigenvalue weighted by Crippen LogP contribution is -2.08. The summed E-state index contributed by atoms with van der Waals surface area (Å²) in [7, 11) is 0. The topological polar surface area (TPSA) is 36.4 Å². The van der Waals surface area contributed by atoms with Crippen LogP contribution in [0.2, 0.25) is 0 Å². The van der Waals surface area contributed by atoms with Crippen LogP contribution in [0.3, 0.4) is 0 Å². The van der Waals surface area contributed by atoms with E-state index in [9.17, 15) is 0 Å². The number of anilines is 1. The average molecular weight is 289 g/mol. The number of hydrogen-bond acceptors (Lipinski definition) is 4. The van der Waals surface area contributed by atoms with Gasteiger partial charge in [-0.05, 0) is 39.6 Å². The summed E-state index contributed by atoms with van der Waals surface area (Å²) in [4.78, 5) is 0. The van der Waals surface area contributed by atoms with Crippen LogP contribution in [-0.4, -0.2) is 0 Å². The van der Waals surface area contributed by atoms with Gasteiger partial charge in [0, 0.05) is 29.4 Å². The van der Waals surface area contributed by atoms with E-state index in [4.69, 9.17) is 12.4 Å². The van der Waals surface area contributed by atoms with Crippen LogP contribution in [0.1, 0.15) is 11.1 Å². The van der Waals surface area contributed by atoms with Crippen LogP contribution in [0, 0.1) is 0 Å². The van der Waals surface area contributed by atoms with Crippen LogP contribution in [0.15, 0.2) is 40.8 Å². The van der Waals surface area contributed by atoms with E-state index in [-0.39, 0.29) is 0 Å². The fraction of sp³-hybridized carbons (Fsp3) is 0.0588. The number of nitrogens with zero attached hydrogens (tertiary/aromatic N) is 1. The SMILES string of the molecule is S=NC1=CCc2ccc3c4c(cc5ccc1c2c53)NNC=4. The minimum atomic E-state index is 0.898. The predicted molar refractivity (Wildman–Crippen MR) is 89.4 cm³/mol. The monoisotopic (exact) mass is 289 g/mol. The minimum Gasteiger partial charge on any atom is -0.307 e. The van der Waals surface area contributed by atoms with Crippen LogP contribution in [0.25, 0.3) is 33.4 Å². The highest BCUT2D eigenvalue weighted by atomic mass is 32.1. The first-order valence-electron chi connectivity index (χ1n) is 6.93. The molecule has 0 amide bonds. The molecule has 0 spiro atoms. The highest BCUT2D eigenvalue weighted by Crippen LogP contribution is 2.38. The Hall–Kier alpha value is -2.46. The number of benzene rings is 3. The molecule has 0 fully saturated rings. The van der Waals surface area contributed by atoms with Gasteiger partial charge in [0.25, 0.3) is 0 Å². The van der Waals surface area contributed by atoms with E-state index in [0.29, 0.717) is 0 Å². The number of rotatable bonds is 1. The van der Waals surface area contributed by atoms with Gasteiger partial charge in [-0.3, -0.25) is 0 Å². The van der Waals surface area contributed by atoms with Crippen molar-refractivity contribution in [3.8, 4) is 0 Å². The van der Waals surface area contributed by atoms with Gasteiger partial charge in [-0.15, -0.1) is 0 Å². The Morgan fingerprint density at radius 3 is 2.95 bits per heavy atom. The van der Waals surface area contributed by atoms with Crippen molar-refractivity contribution in [1.82, 2.24) is 5.43 Å². The lowest BCUT2D eigenvalue weighted by atomic mass is 9.87. The van der Waals surface area contributed by atoms with E-state index in [1.54, 1.807) is 0 Å². The van der Waals surface area contributed by atoms with Crippen molar-refractivity contribution in [3.63, 3.8) is 0 Å². The number of nitrogens with one attached hydrogen (secondary N) is 2. The summed E-state index contributed by atoms with van der Waals surface area (Å²) in [6.07, 6.45) is 5.04. The maximum absolute atomic E-state index is 4.94. The van der Waals surface area contributed by atoms with Crippen molar-refractivity contribution < 1.29 is 0 Å². The molecule has 0 saturated heterocycles. The maximum atomic E-state index is 4.94. The van der Waals surface area contributed by atoms with Gasteiger partial charge in [0.1, 0.15) is 0 Å². The molecule has 100 valence electrons. The molecule has 1 aliphatic heterocycles. The van der Waals surface area contributed by atoms with Gasteiger partial charge in [0.15, 0.2) is 0 Å². The zero-order chi connectivity index (χ0) is 14.0. The zero-order valence-electron chi connectivity index (χ0n) is 11.1. The first-order valence-corrected chi connectivity index (χ1v) is 7.30. The van der Waals surface area contributed by atoms with E-state index in [2.05, 4.69) is 51.6 Å². The van der Waals surface area contributed by atoms with E-state index >= 15 is 0 Å². The summed E-state index contributed by atoms with van der Waals surface area (Å²) in [5.41, 5.74) is 10.8. The molecule has 3 aromatic rings. The summed E-state index contributed by atoms with van der Waals surface area (Å²) in [5, 5.41) is 6.36. The maximum Gasteiger partial charge on any atom is 0.0811 e. The Kier molecular flexibility index (Phi) is 2.03. The average Bonchev–Trinajstić information content (AvgIpc) is 3.00. The Morgan fingerprint density at radius 2 is 2.05 bits per heavy atom. The quantitative estimate of drug-likeness (QED) is 0.723. The van der Waals surface area contributed by atoms with E-state index in [1.807, 2.05) is 6.20 Å². The van der Waals surface area contributed by atoms with Crippen LogP contribution in [0.4, 0.5) is 5.69 Å². The molecule has 1 heterocycles. The Balaban J connectivity index is 2.08. The second kappa shape index (κ2) is 3.80. The lowest BCUT2D eigenvalue weighted by molar-refractivity contribution is 1.16. The van der Waals surface area contributed by atoms with Gasteiger partial charge in [-0.1, -0.05) is 30.3 Å². The molecule has 0 aromatic heterocycles. The lowest BCUT2D eigenvalue weighted by Gasteiger charge is -2.18. The largest absolute Gasteiger partial charge is 0.307 e. The van der Waals surface area contributed by atoms with Crippen molar-refractivity contribution in [1.29, 1.82) is 0 Å². The molecule has 21 heavy (non-hydrogen) atoms. The van der Waals surface area contributed by atoms with Gasteiger partial charge in [-0.2, -0.15) is 4.36 Å². The molecule has 1 aliphatic carbocycles. The predicted octanol–water partition coefficient (Wildman–Crippen LogP) is 3.01. The zero-order valence-corrected chi connectivity index (χ0v) is 11.9. The molecular weight excluding hydrogens is 278 g/mol. The molecule has 0 bridgehead atoms. The molecule has 5 rings (SSSR count). The molecule has 0 atom stereocenters. The molecule has 4 heteroatoms. The number of hydrazine groups is 1. The van der Waals surface area contributed by atoms with E-state index in [1.165, 1.54) is 32.3 Å². The molecule has 2 N–H and O–H groups in total. The number of fused-ring (bicyclic) bond motifs is 2. The van der Waals surface area contributed by atoms with Crippen LogP contribution >= 0.6 is 0 Å². The standard InChI is InChI=1S/C17H11N3S/c21-20-14-6-3-9-1-4-11-13-8-18-19-15(13)7-10-2-5-12(14)16(9)17(10)11/h1-2,4-8,18-19H,3H2. The highest BCUT2D eigenvalue weighted by Gasteiger charge is 2.19. The van der Waals surface area contributed by atoms with Gasteiger partial charge in [0.05, 0.1) is 11.4 Å². The molecule has 0 radical (unpaired) electrons. The Bertz CT molecular complexity index is 1030. The smallest absolute Gasteiger partial charge is 0.0811 e. The fourth-order valence-electron chi connectivity index (χ4n) is 3.55. The summed E-state index contributed by atoms with van der Waals surface area (Å²) in [6, 6.07) is 10.9. The van der Waals surface area contributed by atoms with Crippen molar-refractivity contribution >= 4 is 51.6 Å². The first-order chi connectivity index (χ1) is 10.4. The van der Waals surface area contributed by atoms with Crippen molar-refractivity contribution in [2.75, 3.05) is 5.43 Å². The Morgan fingerprint density at radius 1 is 1.10 bits per heavy atom. The van der Waals surface area contributed by atoms with Gasteiger partial charge < -0.3 is 10.9 Å². The molecule has 2 aliphatic rings. The third-order valence-electron chi connectivity index (χ3n) is 4.47. The molecule has 3 aromatic carbocycles. The molecule has 3 nitrogen and oxygen atoms in total. The molecule has 0 unspecified atom stereocenters. The van der Waals surface area contributed by atoms with Crippen molar-refractivity contribution in [2.24, 2.45) is 4.36 Å². The fourth-order valence-corrected chi connectivity index (χ4v) is 3.72. The first kappa shape index (κ1) is 11.2. The molecular formula is C17H11N3S. The van der Waals surface area contributed by atoms with Gasteiger partial charge in [-0.25, -0.2) is 0 Å². The normalized spacial score (nSPS) is 15.1. The van der Waals surface area contributed by atoms with E-state index in [0.717, 1.165) is 23.4 Å². The third kappa shape index (κ3) is 1.33. The second-order valence-corrected chi connectivity index (χ2v) is 5.68. The van der Waals surface area contributed by atoms with Gasteiger partial charge in [0.2, 0.25) is 0 Å². The number of hydrogen-bond donors (Lipinski definition) is 2. The summed E-state index contributed by atoms with van der Waals surface area (Å²) in [5.74, 6) is 0. The summed E-state index contributed by atoms with van der Waals surface area (Å²) in [6.45, 7) is 0. The van der Waals surface area contributed by atoms with Crippen molar-refractivity contribution in [2.45, 2.75) is 6.42 Å². The van der Waals surface area contributed by atoms with Crippen LogP contribution < -0.4 is 16.1 Å². The van der Waals surface area contributed by atoms with Crippen LogP contribution in [0.5, 0.6) is 0 Å². The number of allylic oxidation sites excluding steroid dienone is 1. The summed E-state index contributed by atoms with van der Waals surface area (Å²) >= 11 is 4.94. The second-order valence-electron chi connectivity index (χ2n) is 5.49. The highest BCUT2D eigenvalue weighted by molar-refractivity contribution is 7.47.